The van der Waals surface area contributed by atoms with Gasteiger partial charge in [-0.25, -0.2) is 0 Å². The summed E-state index contributed by atoms with van der Waals surface area (Å²) in [5.41, 5.74) is 0. The highest BCUT2D eigenvalue weighted by Gasteiger charge is 2.15. The van der Waals surface area contributed by atoms with Crippen LogP contribution < -0.4 is 5.32 Å². The van der Waals surface area contributed by atoms with E-state index < -0.39 is 0 Å². The number of hydrogen-bond donors (Lipinski definition) is 1. The summed E-state index contributed by atoms with van der Waals surface area (Å²) in [6.07, 6.45) is 3.50. The molecule has 0 fully saturated rings. The van der Waals surface area contributed by atoms with Crippen LogP contribution in [0.1, 0.15) is 47.0 Å². The highest BCUT2D eigenvalue weighted by molar-refractivity contribution is 6.17. The van der Waals surface area contributed by atoms with Gasteiger partial charge in [-0.1, -0.05) is 27.7 Å². The van der Waals surface area contributed by atoms with Crippen LogP contribution in [0, 0.1) is 5.92 Å². The average molecular weight is 206 g/mol. The van der Waals surface area contributed by atoms with Gasteiger partial charge < -0.3 is 5.32 Å². The quantitative estimate of drug-likeness (QED) is 0.629. The van der Waals surface area contributed by atoms with Gasteiger partial charge in [0, 0.05) is 18.0 Å². The van der Waals surface area contributed by atoms with E-state index in [9.17, 15) is 0 Å². The SMILES string of the molecule is CCC(CC)NC(CCCl)C(C)C. The van der Waals surface area contributed by atoms with Crippen LogP contribution in [0.15, 0.2) is 0 Å². The minimum absolute atomic E-state index is 0.586. The summed E-state index contributed by atoms with van der Waals surface area (Å²) in [7, 11) is 0. The third-order valence-corrected chi connectivity index (χ3v) is 2.88. The Hall–Kier alpha value is 0.250. The van der Waals surface area contributed by atoms with Crippen LogP contribution >= 0.6 is 11.6 Å². The molecule has 0 spiro atoms. The lowest BCUT2D eigenvalue weighted by atomic mass is 9.99. The standard InChI is InChI=1S/C11H24ClN/c1-5-10(6-2)13-11(7-8-12)9(3)4/h9-11,13H,5-8H2,1-4H3. The lowest BCUT2D eigenvalue weighted by Gasteiger charge is -2.26. The zero-order chi connectivity index (χ0) is 10.3. The first-order valence-corrected chi connectivity index (χ1v) is 6.01. The van der Waals surface area contributed by atoms with Crippen molar-refractivity contribution in [1.29, 1.82) is 0 Å². The van der Waals surface area contributed by atoms with Crippen molar-refractivity contribution in [3.8, 4) is 0 Å². The van der Waals surface area contributed by atoms with E-state index in [2.05, 4.69) is 33.0 Å². The molecule has 0 saturated carbocycles. The molecule has 0 aromatic heterocycles. The second kappa shape index (κ2) is 7.64. The van der Waals surface area contributed by atoms with E-state index in [4.69, 9.17) is 11.6 Å². The Kier molecular flexibility index (Phi) is 7.78. The highest BCUT2D eigenvalue weighted by atomic mass is 35.5. The Morgan fingerprint density at radius 3 is 2.00 bits per heavy atom. The van der Waals surface area contributed by atoms with E-state index >= 15 is 0 Å². The molecule has 0 aromatic rings. The fourth-order valence-electron chi connectivity index (χ4n) is 1.55. The molecule has 0 rings (SSSR count). The van der Waals surface area contributed by atoms with Gasteiger partial charge in [0.15, 0.2) is 0 Å². The van der Waals surface area contributed by atoms with Gasteiger partial charge in [0.2, 0.25) is 0 Å². The largest absolute Gasteiger partial charge is 0.311 e. The molecule has 0 aliphatic rings. The van der Waals surface area contributed by atoms with Crippen molar-refractivity contribution >= 4 is 11.6 Å². The monoisotopic (exact) mass is 205 g/mol. The van der Waals surface area contributed by atoms with Crippen molar-refractivity contribution in [3.05, 3.63) is 0 Å². The Balaban J connectivity index is 3.91. The zero-order valence-corrected chi connectivity index (χ0v) is 10.2. The molecule has 2 heteroatoms. The van der Waals surface area contributed by atoms with E-state index in [1.807, 2.05) is 0 Å². The van der Waals surface area contributed by atoms with Crippen LogP contribution in [-0.4, -0.2) is 18.0 Å². The Labute approximate surface area is 88.2 Å². The first-order valence-electron chi connectivity index (χ1n) is 5.47. The summed E-state index contributed by atoms with van der Waals surface area (Å²) in [6.45, 7) is 8.98. The van der Waals surface area contributed by atoms with Gasteiger partial charge in [-0.05, 0) is 25.2 Å². The predicted octanol–water partition coefficient (Wildman–Crippen LogP) is 3.42. The first-order chi connectivity index (χ1) is 6.15. The average Bonchev–Trinajstić information content (AvgIpc) is 2.11. The maximum atomic E-state index is 5.77. The minimum atomic E-state index is 0.586. The second-order valence-corrected chi connectivity index (χ2v) is 4.39. The molecule has 13 heavy (non-hydrogen) atoms. The number of rotatable bonds is 7. The van der Waals surface area contributed by atoms with E-state index in [1.165, 1.54) is 12.8 Å². The van der Waals surface area contributed by atoms with Crippen LogP contribution in [0.2, 0.25) is 0 Å². The maximum Gasteiger partial charge on any atom is 0.0238 e. The molecule has 1 nitrogen and oxygen atoms in total. The molecule has 0 bridgehead atoms. The van der Waals surface area contributed by atoms with Gasteiger partial charge in [0.25, 0.3) is 0 Å². The Bertz CT molecular complexity index is 111. The molecular weight excluding hydrogens is 182 g/mol. The van der Waals surface area contributed by atoms with Crippen LogP contribution in [-0.2, 0) is 0 Å². The lowest BCUT2D eigenvalue weighted by molar-refractivity contribution is 0.333. The first kappa shape index (κ1) is 13.2. The summed E-state index contributed by atoms with van der Waals surface area (Å²) in [5.74, 6) is 1.44. The molecule has 0 amide bonds. The number of hydrogen-bond acceptors (Lipinski definition) is 1. The molecular formula is C11H24ClN. The van der Waals surface area contributed by atoms with E-state index in [-0.39, 0.29) is 0 Å². The minimum Gasteiger partial charge on any atom is -0.311 e. The van der Waals surface area contributed by atoms with Gasteiger partial charge in [-0.15, -0.1) is 11.6 Å². The predicted molar refractivity (Wildman–Crippen MR) is 61.5 cm³/mol. The van der Waals surface area contributed by atoms with E-state index in [1.54, 1.807) is 0 Å². The van der Waals surface area contributed by atoms with Gasteiger partial charge >= 0.3 is 0 Å². The summed E-state index contributed by atoms with van der Waals surface area (Å²) < 4.78 is 0. The van der Waals surface area contributed by atoms with Crippen molar-refractivity contribution in [3.63, 3.8) is 0 Å². The topological polar surface area (TPSA) is 12.0 Å². The van der Waals surface area contributed by atoms with Crippen molar-refractivity contribution < 1.29 is 0 Å². The summed E-state index contributed by atoms with van der Waals surface area (Å²) in [4.78, 5) is 0. The molecule has 0 aliphatic carbocycles. The van der Waals surface area contributed by atoms with Crippen LogP contribution in [0.5, 0.6) is 0 Å². The smallest absolute Gasteiger partial charge is 0.0238 e. The van der Waals surface area contributed by atoms with Crippen LogP contribution in [0.4, 0.5) is 0 Å². The lowest BCUT2D eigenvalue weighted by Crippen LogP contribution is -2.41. The van der Waals surface area contributed by atoms with Crippen LogP contribution in [0.25, 0.3) is 0 Å². The highest BCUT2D eigenvalue weighted by Crippen LogP contribution is 2.10. The Morgan fingerprint density at radius 1 is 1.15 bits per heavy atom. The molecule has 0 aromatic carbocycles. The van der Waals surface area contributed by atoms with Crippen molar-refractivity contribution in [1.82, 2.24) is 5.32 Å². The summed E-state index contributed by atoms with van der Waals surface area (Å²) in [5, 5.41) is 3.67. The molecule has 0 saturated heterocycles. The zero-order valence-electron chi connectivity index (χ0n) is 9.44. The van der Waals surface area contributed by atoms with Gasteiger partial charge in [-0.3, -0.25) is 0 Å². The number of nitrogens with one attached hydrogen (secondary N) is 1. The van der Waals surface area contributed by atoms with E-state index in [0.717, 1.165) is 12.3 Å². The maximum absolute atomic E-state index is 5.77. The number of alkyl halides is 1. The van der Waals surface area contributed by atoms with Gasteiger partial charge in [-0.2, -0.15) is 0 Å². The molecule has 1 N–H and O–H groups in total. The molecule has 1 atom stereocenters. The fraction of sp³-hybridized carbons (Fsp3) is 1.00. The normalized spacial score (nSPS) is 14.1. The molecule has 0 aliphatic heterocycles. The number of halogens is 1. The third-order valence-electron chi connectivity index (χ3n) is 2.66. The summed E-state index contributed by atoms with van der Waals surface area (Å²) >= 11 is 5.77. The summed E-state index contributed by atoms with van der Waals surface area (Å²) in [6, 6.07) is 1.25. The van der Waals surface area contributed by atoms with Crippen molar-refractivity contribution in [2.45, 2.75) is 59.0 Å². The second-order valence-electron chi connectivity index (χ2n) is 4.01. The molecule has 1 unspecified atom stereocenters. The van der Waals surface area contributed by atoms with Crippen molar-refractivity contribution in [2.75, 3.05) is 5.88 Å². The van der Waals surface area contributed by atoms with E-state index in [0.29, 0.717) is 18.0 Å². The molecule has 80 valence electrons. The third kappa shape index (κ3) is 5.53. The fourth-order valence-corrected chi connectivity index (χ4v) is 1.79. The molecule has 0 heterocycles. The Morgan fingerprint density at radius 2 is 1.69 bits per heavy atom. The van der Waals surface area contributed by atoms with Gasteiger partial charge in [0.05, 0.1) is 0 Å². The van der Waals surface area contributed by atoms with Crippen LogP contribution in [0.3, 0.4) is 0 Å². The van der Waals surface area contributed by atoms with Gasteiger partial charge in [0.1, 0.15) is 0 Å². The molecule has 0 radical (unpaired) electrons. The van der Waals surface area contributed by atoms with Crippen molar-refractivity contribution in [2.24, 2.45) is 5.92 Å².